The molecule has 27 heavy (non-hydrogen) atoms. The molecule has 0 aliphatic carbocycles. The second kappa shape index (κ2) is 8.00. The third-order valence-electron chi connectivity index (χ3n) is 4.79. The maximum atomic E-state index is 13.0. The van der Waals surface area contributed by atoms with Crippen LogP contribution in [0, 0.1) is 0 Å². The van der Waals surface area contributed by atoms with Crippen LogP contribution in [0.25, 0.3) is 0 Å². The van der Waals surface area contributed by atoms with Crippen LogP contribution in [0.1, 0.15) is 6.92 Å². The highest BCUT2D eigenvalue weighted by Gasteiger charge is 2.33. The standard InChI is InChI=1S/C20H25N3O3S/c1-17(23(27(2,25)26)19-11-7-4-8-12-19)20(24)22-15-13-21(14-16-22)18-9-5-3-6-10-18/h3-12,17H,13-16H2,1-2H3/t17-/m1/s1. The highest BCUT2D eigenvalue weighted by atomic mass is 32.2. The van der Waals surface area contributed by atoms with Crippen molar-refractivity contribution in [1.29, 1.82) is 0 Å². The van der Waals surface area contributed by atoms with Crippen molar-refractivity contribution in [3.8, 4) is 0 Å². The van der Waals surface area contributed by atoms with Gasteiger partial charge in [0.1, 0.15) is 6.04 Å². The molecule has 0 radical (unpaired) electrons. The molecule has 6 nitrogen and oxygen atoms in total. The lowest BCUT2D eigenvalue weighted by atomic mass is 10.2. The molecule has 2 aromatic carbocycles. The van der Waals surface area contributed by atoms with Crippen molar-refractivity contribution in [2.45, 2.75) is 13.0 Å². The first-order chi connectivity index (χ1) is 12.9. The molecule has 1 aliphatic heterocycles. The molecular weight excluding hydrogens is 362 g/mol. The minimum atomic E-state index is -3.58. The Balaban J connectivity index is 1.71. The summed E-state index contributed by atoms with van der Waals surface area (Å²) in [5.74, 6) is -0.169. The highest BCUT2D eigenvalue weighted by Crippen LogP contribution is 2.22. The zero-order chi connectivity index (χ0) is 19.4. The normalized spacial score (nSPS) is 16.1. The summed E-state index contributed by atoms with van der Waals surface area (Å²) >= 11 is 0. The number of piperazine rings is 1. The van der Waals surface area contributed by atoms with E-state index in [0.717, 1.165) is 25.0 Å². The molecule has 0 saturated carbocycles. The lowest BCUT2D eigenvalue weighted by Crippen LogP contribution is -2.55. The minimum Gasteiger partial charge on any atom is -0.368 e. The zero-order valence-electron chi connectivity index (χ0n) is 15.7. The van der Waals surface area contributed by atoms with Crippen LogP contribution in [0.15, 0.2) is 60.7 Å². The number of carbonyl (C=O) groups is 1. The first-order valence-corrected chi connectivity index (χ1v) is 10.9. The third kappa shape index (κ3) is 4.42. The fourth-order valence-corrected chi connectivity index (χ4v) is 4.63. The molecule has 1 heterocycles. The summed E-state index contributed by atoms with van der Waals surface area (Å²) in [4.78, 5) is 17.0. The molecule has 1 amide bonds. The number of anilines is 2. The van der Waals surface area contributed by atoms with Gasteiger partial charge in [-0.1, -0.05) is 36.4 Å². The molecule has 1 aliphatic rings. The maximum absolute atomic E-state index is 13.0. The van der Waals surface area contributed by atoms with Gasteiger partial charge in [-0.05, 0) is 31.2 Å². The van der Waals surface area contributed by atoms with Crippen LogP contribution in [-0.4, -0.2) is 57.7 Å². The molecule has 2 aromatic rings. The lowest BCUT2D eigenvalue weighted by molar-refractivity contribution is -0.132. The van der Waals surface area contributed by atoms with Crippen LogP contribution in [-0.2, 0) is 14.8 Å². The quantitative estimate of drug-likeness (QED) is 0.789. The molecule has 0 aromatic heterocycles. The van der Waals surface area contributed by atoms with Gasteiger partial charge < -0.3 is 9.80 Å². The summed E-state index contributed by atoms with van der Waals surface area (Å²) in [7, 11) is -3.58. The van der Waals surface area contributed by atoms with Gasteiger partial charge in [0.25, 0.3) is 0 Å². The number of hydrogen-bond acceptors (Lipinski definition) is 4. The molecule has 0 N–H and O–H groups in total. The summed E-state index contributed by atoms with van der Waals surface area (Å²) < 4.78 is 25.9. The van der Waals surface area contributed by atoms with Crippen LogP contribution in [0.4, 0.5) is 11.4 Å². The largest absolute Gasteiger partial charge is 0.368 e. The molecule has 1 fully saturated rings. The van der Waals surface area contributed by atoms with Crippen LogP contribution in [0.2, 0.25) is 0 Å². The van der Waals surface area contributed by atoms with E-state index in [1.807, 2.05) is 24.3 Å². The molecule has 0 unspecified atom stereocenters. The number of sulfonamides is 1. The Morgan fingerprint density at radius 3 is 1.96 bits per heavy atom. The number of para-hydroxylation sites is 2. The Labute approximate surface area is 161 Å². The molecule has 1 saturated heterocycles. The number of nitrogens with zero attached hydrogens (tertiary/aromatic N) is 3. The van der Waals surface area contributed by atoms with Gasteiger partial charge in [-0.25, -0.2) is 8.42 Å². The van der Waals surface area contributed by atoms with Crippen LogP contribution >= 0.6 is 0 Å². The van der Waals surface area contributed by atoms with Crippen molar-refractivity contribution in [3.63, 3.8) is 0 Å². The molecule has 3 rings (SSSR count). The summed E-state index contributed by atoms with van der Waals surface area (Å²) in [6, 6.07) is 18.1. The minimum absolute atomic E-state index is 0.169. The van der Waals surface area contributed by atoms with Crippen LogP contribution in [0.5, 0.6) is 0 Å². The Bertz CT molecular complexity index is 864. The van der Waals surface area contributed by atoms with Gasteiger partial charge in [-0.3, -0.25) is 9.10 Å². The molecule has 1 atom stereocenters. The monoisotopic (exact) mass is 387 g/mol. The first-order valence-electron chi connectivity index (χ1n) is 9.01. The van der Waals surface area contributed by atoms with Gasteiger partial charge in [0, 0.05) is 31.9 Å². The number of carbonyl (C=O) groups excluding carboxylic acids is 1. The summed E-state index contributed by atoms with van der Waals surface area (Å²) in [5, 5.41) is 0. The molecular formula is C20H25N3O3S. The van der Waals surface area contributed by atoms with Crippen molar-refractivity contribution in [3.05, 3.63) is 60.7 Å². The van der Waals surface area contributed by atoms with Crippen LogP contribution < -0.4 is 9.21 Å². The van der Waals surface area contributed by atoms with Gasteiger partial charge in [0.05, 0.1) is 11.9 Å². The van der Waals surface area contributed by atoms with E-state index in [1.54, 1.807) is 36.1 Å². The fourth-order valence-electron chi connectivity index (χ4n) is 3.47. The summed E-state index contributed by atoms with van der Waals surface area (Å²) in [6.45, 7) is 4.26. The molecule has 0 spiro atoms. The number of hydrogen-bond donors (Lipinski definition) is 0. The fraction of sp³-hybridized carbons (Fsp3) is 0.350. The maximum Gasteiger partial charge on any atom is 0.246 e. The van der Waals surface area contributed by atoms with Crippen molar-refractivity contribution < 1.29 is 13.2 Å². The van der Waals surface area contributed by atoms with Gasteiger partial charge in [-0.2, -0.15) is 0 Å². The van der Waals surface area contributed by atoms with Gasteiger partial charge in [0.15, 0.2) is 0 Å². The average molecular weight is 388 g/mol. The number of amides is 1. The van der Waals surface area contributed by atoms with Crippen molar-refractivity contribution in [2.75, 3.05) is 41.6 Å². The Kier molecular flexibility index (Phi) is 5.70. The van der Waals surface area contributed by atoms with E-state index < -0.39 is 16.1 Å². The van der Waals surface area contributed by atoms with E-state index in [9.17, 15) is 13.2 Å². The highest BCUT2D eigenvalue weighted by molar-refractivity contribution is 7.92. The van der Waals surface area contributed by atoms with E-state index in [-0.39, 0.29) is 5.91 Å². The van der Waals surface area contributed by atoms with E-state index in [2.05, 4.69) is 17.0 Å². The number of rotatable bonds is 5. The Morgan fingerprint density at radius 1 is 0.926 bits per heavy atom. The van der Waals surface area contributed by atoms with Crippen LogP contribution in [0.3, 0.4) is 0 Å². The van der Waals surface area contributed by atoms with Crippen molar-refractivity contribution in [1.82, 2.24) is 4.90 Å². The van der Waals surface area contributed by atoms with E-state index in [0.29, 0.717) is 18.8 Å². The zero-order valence-corrected chi connectivity index (χ0v) is 16.5. The Hall–Kier alpha value is -2.54. The molecule has 144 valence electrons. The molecule has 7 heteroatoms. The Morgan fingerprint density at radius 2 is 1.44 bits per heavy atom. The lowest BCUT2D eigenvalue weighted by Gasteiger charge is -2.39. The van der Waals surface area contributed by atoms with E-state index in [4.69, 9.17) is 0 Å². The van der Waals surface area contributed by atoms with Crippen molar-refractivity contribution in [2.24, 2.45) is 0 Å². The SMILES string of the molecule is C[C@H](C(=O)N1CCN(c2ccccc2)CC1)N(c1ccccc1)S(C)(=O)=O. The van der Waals surface area contributed by atoms with Gasteiger partial charge >= 0.3 is 0 Å². The van der Waals surface area contributed by atoms with E-state index in [1.165, 1.54) is 4.31 Å². The van der Waals surface area contributed by atoms with Gasteiger partial charge in [0.2, 0.25) is 15.9 Å². The predicted octanol–water partition coefficient (Wildman–Crippen LogP) is 2.19. The third-order valence-corrected chi connectivity index (χ3v) is 6.03. The molecule has 0 bridgehead atoms. The second-order valence-electron chi connectivity index (χ2n) is 6.72. The van der Waals surface area contributed by atoms with Gasteiger partial charge in [-0.15, -0.1) is 0 Å². The smallest absolute Gasteiger partial charge is 0.246 e. The van der Waals surface area contributed by atoms with Crippen molar-refractivity contribution >= 4 is 27.3 Å². The van der Waals surface area contributed by atoms with E-state index >= 15 is 0 Å². The number of benzene rings is 2. The second-order valence-corrected chi connectivity index (χ2v) is 8.58. The first kappa shape index (κ1) is 19.2. The predicted molar refractivity (Wildman–Crippen MR) is 108 cm³/mol. The summed E-state index contributed by atoms with van der Waals surface area (Å²) in [5.41, 5.74) is 1.64. The topological polar surface area (TPSA) is 60.9 Å². The average Bonchev–Trinajstić information content (AvgIpc) is 2.68. The summed E-state index contributed by atoms with van der Waals surface area (Å²) in [6.07, 6.45) is 1.14.